The van der Waals surface area contributed by atoms with E-state index in [0.717, 1.165) is 11.1 Å². The van der Waals surface area contributed by atoms with Gasteiger partial charge < -0.3 is 9.64 Å². The molecule has 2 aromatic rings. The third-order valence-electron chi connectivity index (χ3n) is 4.35. The summed E-state index contributed by atoms with van der Waals surface area (Å²) < 4.78 is 32.9. The third kappa shape index (κ3) is 4.87. The van der Waals surface area contributed by atoms with Crippen LogP contribution in [0.1, 0.15) is 25.0 Å². The smallest absolute Gasteiger partial charge is 0.260 e. The maximum atomic E-state index is 12.5. The van der Waals surface area contributed by atoms with Gasteiger partial charge in [0, 0.05) is 19.1 Å². The number of fused-ring (bicyclic) bond motifs is 1. The van der Waals surface area contributed by atoms with Gasteiger partial charge in [-0.05, 0) is 55.7 Å². The maximum Gasteiger partial charge on any atom is 0.260 e. The first-order chi connectivity index (χ1) is 12.8. The van der Waals surface area contributed by atoms with Gasteiger partial charge in [0.05, 0.1) is 4.90 Å². The number of nitrogens with zero attached hydrogens (tertiary/aromatic N) is 1. The van der Waals surface area contributed by atoms with E-state index in [1.54, 1.807) is 43.0 Å². The van der Waals surface area contributed by atoms with Crippen molar-refractivity contribution in [2.45, 2.75) is 37.8 Å². The highest BCUT2D eigenvalue weighted by molar-refractivity contribution is 7.89. The van der Waals surface area contributed by atoms with E-state index < -0.39 is 10.0 Å². The molecule has 0 spiro atoms. The highest BCUT2D eigenvalue weighted by Gasteiger charge is 2.23. The summed E-state index contributed by atoms with van der Waals surface area (Å²) >= 11 is 0. The number of amides is 1. The average molecular weight is 388 g/mol. The van der Waals surface area contributed by atoms with Crippen molar-refractivity contribution in [2.24, 2.45) is 0 Å². The molecule has 1 heterocycles. The predicted molar refractivity (Wildman–Crippen MR) is 103 cm³/mol. The van der Waals surface area contributed by atoms with Crippen LogP contribution in [0.15, 0.2) is 53.4 Å². The zero-order chi connectivity index (χ0) is 19.4. The number of hydrogen-bond donors (Lipinski definition) is 1. The number of benzene rings is 2. The van der Waals surface area contributed by atoms with Gasteiger partial charge in [-0.25, -0.2) is 13.1 Å². The molecule has 2 aromatic carbocycles. The zero-order valence-electron chi connectivity index (χ0n) is 15.5. The van der Waals surface area contributed by atoms with Crippen molar-refractivity contribution >= 4 is 15.9 Å². The Hall–Kier alpha value is -2.38. The lowest BCUT2D eigenvalue weighted by molar-refractivity contribution is -0.134. The van der Waals surface area contributed by atoms with Crippen molar-refractivity contribution in [1.82, 2.24) is 9.62 Å². The van der Waals surface area contributed by atoms with E-state index in [1.807, 2.05) is 24.3 Å². The predicted octanol–water partition coefficient (Wildman–Crippen LogP) is 2.34. The van der Waals surface area contributed by atoms with Gasteiger partial charge in [-0.3, -0.25) is 4.79 Å². The molecular weight excluding hydrogens is 364 g/mol. The van der Waals surface area contributed by atoms with Gasteiger partial charge in [0.1, 0.15) is 5.75 Å². The summed E-state index contributed by atoms with van der Waals surface area (Å²) in [7, 11) is -3.56. The summed E-state index contributed by atoms with van der Waals surface area (Å²) in [6.07, 6.45) is 0.699. The second-order valence-electron chi connectivity index (χ2n) is 6.87. The molecule has 1 N–H and O–H groups in total. The van der Waals surface area contributed by atoms with E-state index in [2.05, 4.69) is 4.72 Å². The number of hydrogen-bond acceptors (Lipinski definition) is 4. The molecule has 6 nitrogen and oxygen atoms in total. The molecule has 0 aromatic heterocycles. The standard InChI is InChI=1S/C20H24N2O4S/c1-15(2)21-27(24,25)19-9-8-16-10-11-22(13-17(16)12-19)20(23)14-26-18-6-4-3-5-7-18/h3-9,12,15,21H,10-11,13-14H2,1-2H3. The van der Waals surface area contributed by atoms with Crippen molar-refractivity contribution in [1.29, 1.82) is 0 Å². The normalized spacial score (nSPS) is 14.1. The molecule has 1 amide bonds. The highest BCUT2D eigenvalue weighted by Crippen LogP contribution is 2.23. The van der Waals surface area contributed by atoms with Crippen LogP contribution in [0, 0.1) is 0 Å². The van der Waals surface area contributed by atoms with Crippen LogP contribution >= 0.6 is 0 Å². The van der Waals surface area contributed by atoms with Gasteiger partial charge in [0.2, 0.25) is 10.0 Å². The first kappa shape index (κ1) is 19.4. The molecule has 27 heavy (non-hydrogen) atoms. The van der Waals surface area contributed by atoms with E-state index in [4.69, 9.17) is 4.74 Å². The number of carbonyl (C=O) groups is 1. The van der Waals surface area contributed by atoms with Crippen LogP contribution in [-0.2, 0) is 27.8 Å². The van der Waals surface area contributed by atoms with Crippen LogP contribution < -0.4 is 9.46 Å². The second-order valence-corrected chi connectivity index (χ2v) is 8.59. The summed E-state index contributed by atoms with van der Waals surface area (Å²) in [6, 6.07) is 14.1. The molecule has 0 atom stereocenters. The maximum absolute atomic E-state index is 12.5. The molecule has 0 fully saturated rings. The lowest BCUT2D eigenvalue weighted by Crippen LogP contribution is -2.39. The Morgan fingerprint density at radius 3 is 2.59 bits per heavy atom. The molecule has 3 rings (SSSR count). The fourth-order valence-corrected chi connectivity index (χ4v) is 4.35. The molecule has 0 aliphatic carbocycles. The van der Waals surface area contributed by atoms with E-state index in [0.29, 0.717) is 25.3 Å². The second kappa shape index (κ2) is 8.10. The third-order valence-corrected chi connectivity index (χ3v) is 6.01. The lowest BCUT2D eigenvalue weighted by Gasteiger charge is -2.29. The molecule has 0 saturated carbocycles. The van der Waals surface area contributed by atoms with Crippen LogP contribution in [0.2, 0.25) is 0 Å². The summed E-state index contributed by atoms with van der Waals surface area (Å²) in [5, 5.41) is 0. The summed E-state index contributed by atoms with van der Waals surface area (Å²) in [6.45, 7) is 4.51. The van der Waals surface area contributed by atoms with Gasteiger partial charge in [0.25, 0.3) is 5.91 Å². The van der Waals surface area contributed by atoms with Gasteiger partial charge in [-0.2, -0.15) is 0 Å². The number of ether oxygens (including phenoxy) is 1. The van der Waals surface area contributed by atoms with Crippen LogP contribution in [0.25, 0.3) is 0 Å². The molecular formula is C20H24N2O4S. The summed E-state index contributed by atoms with van der Waals surface area (Å²) in [5.74, 6) is 0.537. The van der Waals surface area contributed by atoms with Crippen molar-refractivity contribution in [3.63, 3.8) is 0 Å². The van der Waals surface area contributed by atoms with Crippen LogP contribution in [0.3, 0.4) is 0 Å². The molecule has 1 aliphatic heterocycles. The number of carbonyl (C=O) groups excluding carboxylic acids is 1. The first-order valence-corrected chi connectivity index (χ1v) is 10.4. The Bertz CT molecular complexity index is 911. The summed E-state index contributed by atoms with van der Waals surface area (Å²) in [5.41, 5.74) is 1.94. The number of para-hydroxylation sites is 1. The molecule has 0 saturated heterocycles. The Kier molecular flexibility index (Phi) is 5.82. The highest BCUT2D eigenvalue weighted by atomic mass is 32.2. The molecule has 1 aliphatic rings. The van der Waals surface area contributed by atoms with Crippen molar-refractivity contribution in [2.75, 3.05) is 13.2 Å². The summed E-state index contributed by atoms with van der Waals surface area (Å²) in [4.78, 5) is 14.4. The molecule has 0 unspecified atom stereocenters. The average Bonchev–Trinajstić information content (AvgIpc) is 2.65. The largest absolute Gasteiger partial charge is 0.484 e. The Balaban J connectivity index is 1.69. The monoisotopic (exact) mass is 388 g/mol. The van der Waals surface area contributed by atoms with Gasteiger partial charge in [-0.1, -0.05) is 24.3 Å². The molecule has 144 valence electrons. The van der Waals surface area contributed by atoms with Crippen molar-refractivity contribution in [3.8, 4) is 5.75 Å². The Morgan fingerprint density at radius 1 is 1.15 bits per heavy atom. The van der Waals surface area contributed by atoms with Gasteiger partial charge in [-0.15, -0.1) is 0 Å². The van der Waals surface area contributed by atoms with Crippen LogP contribution in [-0.4, -0.2) is 38.4 Å². The Labute approximate surface area is 160 Å². The number of rotatable bonds is 6. The fraction of sp³-hybridized carbons (Fsp3) is 0.350. The van der Waals surface area contributed by atoms with Crippen molar-refractivity contribution in [3.05, 3.63) is 59.7 Å². The number of nitrogens with one attached hydrogen (secondary N) is 1. The van der Waals surface area contributed by atoms with E-state index >= 15 is 0 Å². The van der Waals surface area contributed by atoms with E-state index in [1.165, 1.54) is 0 Å². The topological polar surface area (TPSA) is 75.7 Å². The van der Waals surface area contributed by atoms with Gasteiger partial charge in [0.15, 0.2) is 6.61 Å². The minimum Gasteiger partial charge on any atom is -0.484 e. The lowest BCUT2D eigenvalue weighted by atomic mass is 10.00. The van der Waals surface area contributed by atoms with Crippen LogP contribution in [0.5, 0.6) is 5.75 Å². The molecule has 0 bridgehead atoms. The number of sulfonamides is 1. The van der Waals surface area contributed by atoms with E-state index in [-0.39, 0.29) is 23.5 Å². The van der Waals surface area contributed by atoms with Gasteiger partial charge >= 0.3 is 0 Å². The van der Waals surface area contributed by atoms with E-state index in [9.17, 15) is 13.2 Å². The molecule has 7 heteroatoms. The van der Waals surface area contributed by atoms with Crippen molar-refractivity contribution < 1.29 is 17.9 Å². The Morgan fingerprint density at radius 2 is 1.89 bits per heavy atom. The fourth-order valence-electron chi connectivity index (χ4n) is 3.04. The zero-order valence-corrected chi connectivity index (χ0v) is 16.3. The minimum atomic E-state index is -3.56. The molecule has 0 radical (unpaired) electrons. The minimum absolute atomic E-state index is 0.0355. The first-order valence-electron chi connectivity index (χ1n) is 8.95. The quantitative estimate of drug-likeness (QED) is 0.824. The SMILES string of the molecule is CC(C)NS(=O)(=O)c1ccc2c(c1)CN(C(=O)COc1ccccc1)CC2. The van der Waals surface area contributed by atoms with Crippen LogP contribution in [0.4, 0.5) is 0 Å².